The molecule has 26 heavy (non-hydrogen) atoms. The number of hydrogen-bond donors (Lipinski definition) is 1. The van der Waals surface area contributed by atoms with Crippen molar-refractivity contribution in [3.8, 4) is 11.5 Å². The molecular weight excluding hydrogens is 334 g/mol. The van der Waals surface area contributed by atoms with E-state index in [0.717, 1.165) is 0 Å². The van der Waals surface area contributed by atoms with Crippen LogP contribution in [0.2, 0.25) is 0 Å². The van der Waals surface area contributed by atoms with E-state index >= 15 is 0 Å². The fraction of sp³-hybridized carbons (Fsp3) is 0.263. The van der Waals surface area contributed by atoms with Crippen molar-refractivity contribution < 1.29 is 19.1 Å². The monoisotopic (exact) mass is 355 g/mol. The maximum Gasteiger partial charge on any atom is 0.276 e. The fourth-order valence-corrected chi connectivity index (χ4v) is 2.50. The number of nitrogens with one attached hydrogen (secondary N) is 1. The highest BCUT2D eigenvalue weighted by Gasteiger charge is 2.40. The van der Waals surface area contributed by atoms with Gasteiger partial charge in [-0.05, 0) is 38.1 Å². The maximum absolute atomic E-state index is 12.4. The van der Waals surface area contributed by atoms with Crippen molar-refractivity contribution in [3.63, 3.8) is 0 Å². The summed E-state index contributed by atoms with van der Waals surface area (Å²) >= 11 is 0. The predicted octanol–water partition coefficient (Wildman–Crippen LogP) is 2.54. The molecule has 0 radical (unpaired) electrons. The maximum atomic E-state index is 12.4. The first-order valence-electron chi connectivity index (χ1n) is 8.18. The first kappa shape index (κ1) is 17.6. The zero-order valence-electron chi connectivity index (χ0n) is 14.9. The van der Waals surface area contributed by atoms with Gasteiger partial charge < -0.3 is 14.3 Å². The van der Waals surface area contributed by atoms with Crippen LogP contribution in [0.4, 0.5) is 0 Å². The molecule has 0 saturated carbocycles. The number of hydrogen-bond acceptors (Lipinski definition) is 6. The van der Waals surface area contributed by atoms with E-state index in [1.165, 1.54) is 0 Å². The van der Waals surface area contributed by atoms with Gasteiger partial charge in [0, 0.05) is 0 Å². The van der Waals surface area contributed by atoms with Crippen LogP contribution in [0.15, 0.2) is 59.8 Å². The van der Waals surface area contributed by atoms with E-state index in [1.807, 2.05) is 42.5 Å². The lowest BCUT2D eigenvalue weighted by atomic mass is 10.1. The standard InChI is InChI=1S/C19H21N3O4/c1-19(2)22(20-17(23)13-25-14-9-5-4-6-10-14)18(21-26-19)15-11-7-8-12-16(15)24-3/h4-12H,13H2,1-3H3,(H,20,23). The number of nitrogens with zero attached hydrogens (tertiary/aromatic N) is 2. The molecule has 0 unspecified atom stereocenters. The van der Waals surface area contributed by atoms with Gasteiger partial charge in [0.2, 0.25) is 11.6 Å². The van der Waals surface area contributed by atoms with Crippen LogP contribution in [0.5, 0.6) is 11.5 Å². The number of carbonyl (C=O) groups is 1. The van der Waals surface area contributed by atoms with Gasteiger partial charge in [-0.1, -0.05) is 35.5 Å². The summed E-state index contributed by atoms with van der Waals surface area (Å²) in [7, 11) is 1.58. The third-order valence-electron chi connectivity index (χ3n) is 3.80. The quantitative estimate of drug-likeness (QED) is 0.862. The fourth-order valence-electron chi connectivity index (χ4n) is 2.50. The Morgan fingerprint density at radius 3 is 2.58 bits per heavy atom. The molecule has 1 N–H and O–H groups in total. The van der Waals surface area contributed by atoms with Crippen molar-refractivity contribution in [1.82, 2.24) is 10.4 Å². The minimum Gasteiger partial charge on any atom is -0.496 e. The number of amidine groups is 1. The summed E-state index contributed by atoms with van der Waals surface area (Å²) in [6, 6.07) is 16.5. The van der Waals surface area contributed by atoms with E-state index in [1.54, 1.807) is 38.1 Å². The zero-order chi connectivity index (χ0) is 18.6. The molecular formula is C19H21N3O4. The Labute approximate surface area is 152 Å². The van der Waals surface area contributed by atoms with Crippen molar-refractivity contribution >= 4 is 11.7 Å². The van der Waals surface area contributed by atoms with Crippen LogP contribution in [0, 0.1) is 0 Å². The SMILES string of the molecule is COc1ccccc1C1=NOC(C)(C)N1NC(=O)COc1ccccc1. The van der Waals surface area contributed by atoms with Crippen molar-refractivity contribution in [3.05, 3.63) is 60.2 Å². The second-order valence-corrected chi connectivity index (χ2v) is 6.13. The van der Waals surface area contributed by atoms with Crippen LogP contribution >= 0.6 is 0 Å². The van der Waals surface area contributed by atoms with E-state index in [4.69, 9.17) is 14.3 Å². The predicted molar refractivity (Wildman–Crippen MR) is 96.6 cm³/mol. The highest BCUT2D eigenvalue weighted by Crippen LogP contribution is 2.29. The number of amides is 1. The number of methoxy groups -OCH3 is 1. The Hall–Kier alpha value is -3.22. The highest BCUT2D eigenvalue weighted by atomic mass is 16.7. The minimum absolute atomic E-state index is 0.129. The molecule has 0 saturated heterocycles. The number of oxime groups is 1. The number of hydrazine groups is 1. The molecule has 0 atom stereocenters. The molecule has 2 aromatic rings. The van der Waals surface area contributed by atoms with Crippen molar-refractivity contribution in [2.24, 2.45) is 5.16 Å². The second-order valence-electron chi connectivity index (χ2n) is 6.13. The van der Waals surface area contributed by atoms with Gasteiger partial charge in [0.1, 0.15) is 11.5 Å². The normalized spacial score (nSPS) is 15.0. The molecule has 136 valence electrons. The third-order valence-corrected chi connectivity index (χ3v) is 3.80. The molecule has 1 aliphatic heterocycles. The van der Waals surface area contributed by atoms with Crippen LogP contribution in [0.1, 0.15) is 19.4 Å². The summed E-state index contributed by atoms with van der Waals surface area (Å²) in [4.78, 5) is 17.9. The Balaban J connectivity index is 1.73. The van der Waals surface area contributed by atoms with Crippen LogP contribution in [0.25, 0.3) is 0 Å². The number of rotatable bonds is 6. The third kappa shape index (κ3) is 3.72. The van der Waals surface area contributed by atoms with Gasteiger partial charge in [0.05, 0.1) is 12.7 Å². The molecule has 0 aromatic heterocycles. The molecule has 0 aliphatic carbocycles. The van der Waals surface area contributed by atoms with E-state index < -0.39 is 5.72 Å². The Morgan fingerprint density at radius 2 is 1.85 bits per heavy atom. The second kappa shape index (κ2) is 7.35. The largest absolute Gasteiger partial charge is 0.496 e. The van der Waals surface area contributed by atoms with E-state index in [9.17, 15) is 4.79 Å². The van der Waals surface area contributed by atoms with E-state index in [0.29, 0.717) is 22.9 Å². The van der Waals surface area contributed by atoms with Gasteiger partial charge >= 0.3 is 0 Å². The van der Waals surface area contributed by atoms with Crippen molar-refractivity contribution in [2.75, 3.05) is 13.7 Å². The average molecular weight is 355 g/mol. The molecule has 0 spiro atoms. The van der Waals surface area contributed by atoms with E-state index in [-0.39, 0.29) is 12.5 Å². The smallest absolute Gasteiger partial charge is 0.276 e. The summed E-state index contributed by atoms with van der Waals surface area (Å²) in [5.74, 6) is 1.39. The van der Waals surface area contributed by atoms with Crippen LogP contribution in [-0.4, -0.2) is 36.2 Å². The lowest BCUT2D eigenvalue weighted by Crippen LogP contribution is -2.55. The summed E-state index contributed by atoms with van der Waals surface area (Å²) in [6.07, 6.45) is 0. The van der Waals surface area contributed by atoms with Gasteiger partial charge in [0.25, 0.3) is 5.91 Å². The summed E-state index contributed by atoms with van der Waals surface area (Å²) in [5, 5.41) is 5.70. The Morgan fingerprint density at radius 1 is 1.15 bits per heavy atom. The van der Waals surface area contributed by atoms with Gasteiger partial charge in [-0.25, -0.2) is 5.01 Å². The minimum atomic E-state index is -0.849. The topological polar surface area (TPSA) is 72.4 Å². The van der Waals surface area contributed by atoms with Crippen molar-refractivity contribution in [2.45, 2.75) is 19.6 Å². The first-order chi connectivity index (χ1) is 12.5. The zero-order valence-corrected chi connectivity index (χ0v) is 14.9. The molecule has 2 aromatic carbocycles. The number of benzene rings is 2. The molecule has 7 nitrogen and oxygen atoms in total. The molecule has 1 heterocycles. The molecule has 1 amide bonds. The van der Waals surface area contributed by atoms with Crippen LogP contribution in [-0.2, 0) is 9.63 Å². The summed E-state index contributed by atoms with van der Waals surface area (Å²) in [6.45, 7) is 3.48. The first-order valence-corrected chi connectivity index (χ1v) is 8.18. The van der Waals surface area contributed by atoms with Gasteiger partial charge in [-0.15, -0.1) is 0 Å². The average Bonchev–Trinajstić information content (AvgIpc) is 2.95. The summed E-state index contributed by atoms with van der Waals surface area (Å²) in [5.41, 5.74) is 2.66. The molecule has 1 aliphatic rings. The lowest BCUT2D eigenvalue weighted by Gasteiger charge is -2.31. The molecule has 3 rings (SSSR count). The highest BCUT2D eigenvalue weighted by molar-refractivity contribution is 6.02. The van der Waals surface area contributed by atoms with Crippen LogP contribution < -0.4 is 14.9 Å². The molecule has 7 heteroatoms. The Kier molecular flexibility index (Phi) is 4.97. The van der Waals surface area contributed by atoms with Gasteiger partial charge in [0.15, 0.2) is 6.61 Å². The van der Waals surface area contributed by atoms with Crippen molar-refractivity contribution in [1.29, 1.82) is 0 Å². The summed E-state index contributed by atoms with van der Waals surface area (Å²) < 4.78 is 10.9. The Bertz CT molecular complexity index is 805. The van der Waals surface area contributed by atoms with Gasteiger partial charge in [-0.2, -0.15) is 0 Å². The number of ether oxygens (including phenoxy) is 2. The molecule has 0 bridgehead atoms. The van der Waals surface area contributed by atoms with E-state index in [2.05, 4.69) is 10.6 Å². The number of carbonyl (C=O) groups excluding carboxylic acids is 1. The molecule has 0 fully saturated rings. The number of para-hydroxylation sites is 2. The van der Waals surface area contributed by atoms with Gasteiger partial charge in [-0.3, -0.25) is 10.2 Å². The lowest BCUT2D eigenvalue weighted by molar-refractivity contribution is -0.137. The van der Waals surface area contributed by atoms with Crippen LogP contribution in [0.3, 0.4) is 0 Å².